The van der Waals surface area contributed by atoms with E-state index < -0.39 is 0 Å². The smallest absolute Gasteiger partial charge is 0.246 e. The predicted octanol–water partition coefficient (Wildman–Crippen LogP) is 1.45. The first kappa shape index (κ1) is 14.2. The fourth-order valence-electron chi connectivity index (χ4n) is 3.24. The molecule has 1 saturated heterocycles. The fourth-order valence-corrected chi connectivity index (χ4v) is 3.24. The third-order valence-electron chi connectivity index (χ3n) is 4.55. The van der Waals surface area contributed by atoms with Gasteiger partial charge in [0.25, 0.3) is 0 Å². The van der Waals surface area contributed by atoms with Gasteiger partial charge in [0.05, 0.1) is 11.4 Å². The number of benzene rings is 1. The van der Waals surface area contributed by atoms with Crippen molar-refractivity contribution in [3.63, 3.8) is 0 Å². The van der Waals surface area contributed by atoms with Crippen LogP contribution in [0.4, 0.5) is 11.4 Å². The van der Waals surface area contributed by atoms with Crippen molar-refractivity contribution in [1.82, 2.24) is 9.80 Å². The van der Waals surface area contributed by atoms with Crippen LogP contribution in [0.1, 0.15) is 12.8 Å². The summed E-state index contributed by atoms with van der Waals surface area (Å²) in [5.41, 5.74) is 2.08. The lowest BCUT2D eigenvalue weighted by atomic mass is 10.0. The highest BCUT2D eigenvalue weighted by Crippen LogP contribution is 2.26. The summed E-state index contributed by atoms with van der Waals surface area (Å²) in [4.78, 5) is 17.0. The van der Waals surface area contributed by atoms with Gasteiger partial charge in [-0.1, -0.05) is 12.1 Å². The number of likely N-dealkylation sites (tertiary alicyclic amines) is 1. The minimum atomic E-state index is -0.183. The van der Waals surface area contributed by atoms with Gasteiger partial charge < -0.3 is 20.4 Å². The Kier molecular flexibility index (Phi) is 4.01. The number of rotatable bonds is 2. The molecule has 21 heavy (non-hydrogen) atoms. The molecule has 3 rings (SSSR count). The van der Waals surface area contributed by atoms with E-state index in [1.165, 1.54) is 0 Å². The van der Waals surface area contributed by atoms with Crippen molar-refractivity contribution in [2.24, 2.45) is 0 Å². The Balaban J connectivity index is 1.66. The van der Waals surface area contributed by atoms with Gasteiger partial charge in [-0.05, 0) is 38.6 Å². The van der Waals surface area contributed by atoms with Gasteiger partial charge in [-0.3, -0.25) is 4.79 Å². The average molecular weight is 288 g/mol. The first-order valence-electron chi connectivity index (χ1n) is 7.70. The summed E-state index contributed by atoms with van der Waals surface area (Å²) in [7, 11) is 4.06. The number of piperidine rings is 1. The van der Waals surface area contributed by atoms with Crippen LogP contribution >= 0.6 is 0 Å². The Morgan fingerprint density at radius 3 is 2.86 bits per heavy atom. The molecule has 2 atom stereocenters. The highest BCUT2D eigenvalue weighted by atomic mass is 16.2. The Morgan fingerprint density at radius 2 is 2.10 bits per heavy atom. The third kappa shape index (κ3) is 2.97. The van der Waals surface area contributed by atoms with Gasteiger partial charge in [-0.15, -0.1) is 0 Å². The molecule has 2 aliphatic heterocycles. The van der Waals surface area contributed by atoms with E-state index in [9.17, 15) is 4.79 Å². The molecule has 0 aliphatic carbocycles. The molecule has 5 nitrogen and oxygen atoms in total. The Morgan fingerprint density at radius 1 is 1.33 bits per heavy atom. The predicted molar refractivity (Wildman–Crippen MR) is 85.6 cm³/mol. The van der Waals surface area contributed by atoms with Crippen molar-refractivity contribution in [3.05, 3.63) is 24.3 Å². The molecule has 2 unspecified atom stereocenters. The molecule has 114 valence electrons. The highest BCUT2D eigenvalue weighted by molar-refractivity contribution is 5.88. The second kappa shape index (κ2) is 5.93. The van der Waals surface area contributed by atoms with Gasteiger partial charge in [0.2, 0.25) is 5.91 Å². The number of amides is 1. The summed E-state index contributed by atoms with van der Waals surface area (Å²) in [5.74, 6) is 0.178. The van der Waals surface area contributed by atoms with Crippen LogP contribution in [-0.2, 0) is 4.79 Å². The lowest BCUT2D eigenvalue weighted by Crippen LogP contribution is -2.53. The zero-order valence-corrected chi connectivity index (χ0v) is 12.8. The minimum Gasteiger partial charge on any atom is -0.381 e. The Hall–Kier alpha value is -1.75. The summed E-state index contributed by atoms with van der Waals surface area (Å²) in [6, 6.07) is 8.17. The molecule has 1 fully saturated rings. The quantitative estimate of drug-likeness (QED) is 0.864. The lowest BCUT2D eigenvalue weighted by molar-refractivity contribution is -0.133. The maximum atomic E-state index is 12.7. The standard InChI is InChI=1S/C16H24N4O/c1-19-9-5-6-12(11-19)20(2)16(21)15-10-17-13-7-3-4-8-14(13)18-15/h3-4,7-8,12,15,17-18H,5-6,9-11H2,1-2H3. The number of hydrogen-bond donors (Lipinski definition) is 2. The van der Waals surface area contributed by atoms with Crippen LogP contribution in [0.25, 0.3) is 0 Å². The van der Waals surface area contributed by atoms with E-state index in [4.69, 9.17) is 0 Å². The van der Waals surface area contributed by atoms with Crippen LogP contribution in [0.3, 0.4) is 0 Å². The van der Waals surface area contributed by atoms with Crippen LogP contribution < -0.4 is 10.6 Å². The van der Waals surface area contributed by atoms with E-state index in [-0.39, 0.29) is 11.9 Å². The molecule has 1 amide bonds. The van der Waals surface area contributed by atoms with Gasteiger partial charge in [-0.25, -0.2) is 0 Å². The molecular weight excluding hydrogens is 264 g/mol. The molecule has 2 heterocycles. The lowest BCUT2D eigenvalue weighted by Gasteiger charge is -2.38. The maximum Gasteiger partial charge on any atom is 0.246 e. The van der Waals surface area contributed by atoms with Crippen molar-refractivity contribution in [2.45, 2.75) is 24.9 Å². The van der Waals surface area contributed by atoms with Crippen molar-refractivity contribution < 1.29 is 4.79 Å². The molecule has 5 heteroatoms. The van der Waals surface area contributed by atoms with Crippen LogP contribution in [0.15, 0.2) is 24.3 Å². The Labute approximate surface area is 126 Å². The minimum absolute atomic E-state index is 0.178. The van der Waals surface area contributed by atoms with Crippen molar-refractivity contribution >= 4 is 17.3 Å². The first-order chi connectivity index (χ1) is 10.1. The number of nitrogens with one attached hydrogen (secondary N) is 2. The van der Waals surface area contributed by atoms with Crippen molar-refractivity contribution in [3.8, 4) is 0 Å². The zero-order chi connectivity index (χ0) is 14.8. The summed E-state index contributed by atoms with van der Waals surface area (Å²) in [6.45, 7) is 2.75. The van der Waals surface area contributed by atoms with Gasteiger partial charge in [0, 0.05) is 26.2 Å². The van der Waals surface area contributed by atoms with E-state index in [0.29, 0.717) is 12.6 Å². The molecule has 0 bridgehead atoms. The fraction of sp³-hybridized carbons (Fsp3) is 0.562. The van der Waals surface area contributed by atoms with E-state index in [1.54, 1.807) is 0 Å². The number of fused-ring (bicyclic) bond motifs is 1. The molecular formula is C16H24N4O. The number of anilines is 2. The number of carbonyl (C=O) groups excluding carboxylic acids is 1. The van der Waals surface area contributed by atoms with Gasteiger partial charge >= 0.3 is 0 Å². The molecule has 0 saturated carbocycles. The topological polar surface area (TPSA) is 47.6 Å². The van der Waals surface area contributed by atoms with Gasteiger partial charge in [-0.2, -0.15) is 0 Å². The Bertz CT molecular complexity index is 519. The van der Waals surface area contributed by atoms with Crippen LogP contribution in [-0.4, -0.2) is 61.5 Å². The second-order valence-electron chi connectivity index (χ2n) is 6.13. The van der Waals surface area contributed by atoms with Gasteiger partial charge in [0.1, 0.15) is 6.04 Å². The normalized spacial score (nSPS) is 25.4. The summed E-state index contributed by atoms with van der Waals surface area (Å²) in [5, 5.41) is 6.70. The molecule has 2 aliphatic rings. The number of para-hydroxylation sites is 2. The van der Waals surface area contributed by atoms with E-state index in [2.05, 4.69) is 22.6 Å². The summed E-state index contributed by atoms with van der Waals surface area (Å²) in [6.07, 6.45) is 2.27. The van der Waals surface area contributed by atoms with E-state index in [0.717, 1.165) is 37.3 Å². The number of likely N-dealkylation sites (N-methyl/N-ethyl adjacent to an activating group) is 2. The summed E-state index contributed by atoms with van der Waals surface area (Å²) < 4.78 is 0. The molecule has 0 radical (unpaired) electrons. The van der Waals surface area contributed by atoms with E-state index in [1.807, 2.05) is 36.2 Å². The molecule has 0 spiro atoms. The molecule has 0 aromatic heterocycles. The summed E-state index contributed by atoms with van der Waals surface area (Å²) >= 11 is 0. The van der Waals surface area contributed by atoms with Crippen LogP contribution in [0, 0.1) is 0 Å². The molecule has 1 aromatic rings. The SMILES string of the molecule is CN1CCCC(N(C)C(=O)C2CNc3ccccc3N2)C1. The van der Waals surface area contributed by atoms with E-state index >= 15 is 0 Å². The van der Waals surface area contributed by atoms with Gasteiger partial charge in [0.15, 0.2) is 0 Å². The van der Waals surface area contributed by atoms with Crippen molar-refractivity contribution in [2.75, 3.05) is 44.4 Å². The third-order valence-corrected chi connectivity index (χ3v) is 4.55. The van der Waals surface area contributed by atoms with Crippen molar-refractivity contribution in [1.29, 1.82) is 0 Å². The first-order valence-corrected chi connectivity index (χ1v) is 7.70. The molecule has 2 N–H and O–H groups in total. The van der Waals surface area contributed by atoms with Crippen LogP contribution in [0.5, 0.6) is 0 Å². The number of carbonyl (C=O) groups is 1. The molecule has 1 aromatic carbocycles. The monoisotopic (exact) mass is 288 g/mol. The highest BCUT2D eigenvalue weighted by Gasteiger charge is 2.31. The largest absolute Gasteiger partial charge is 0.381 e. The second-order valence-corrected chi connectivity index (χ2v) is 6.13. The number of hydrogen-bond acceptors (Lipinski definition) is 4. The average Bonchev–Trinajstić information content (AvgIpc) is 2.53. The number of nitrogens with zero attached hydrogens (tertiary/aromatic N) is 2. The maximum absolute atomic E-state index is 12.7. The van der Waals surface area contributed by atoms with Crippen LogP contribution in [0.2, 0.25) is 0 Å². The zero-order valence-electron chi connectivity index (χ0n) is 12.8.